The predicted octanol–water partition coefficient (Wildman–Crippen LogP) is 0.496. The van der Waals surface area contributed by atoms with Crippen LogP contribution in [0.3, 0.4) is 0 Å². The third-order valence-electron chi connectivity index (χ3n) is 1.78. The lowest BCUT2D eigenvalue weighted by Gasteiger charge is -2.30. The van der Waals surface area contributed by atoms with Crippen molar-refractivity contribution >= 4 is 5.97 Å². The molecule has 1 fully saturated rings. The van der Waals surface area contributed by atoms with Crippen LogP contribution in [0.15, 0.2) is 0 Å². The van der Waals surface area contributed by atoms with Gasteiger partial charge in [0.1, 0.15) is 0 Å². The minimum absolute atomic E-state index is 0.144. The van der Waals surface area contributed by atoms with Crippen molar-refractivity contribution in [2.24, 2.45) is 5.92 Å². The molecule has 1 rings (SSSR count). The van der Waals surface area contributed by atoms with Crippen LogP contribution in [-0.4, -0.2) is 24.3 Å². The zero-order valence-corrected chi connectivity index (χ0v) is 5.33. The summed E-state index contributed by atoms with van der Waals surface area (Å²) in [6.45, 7) is 0. The minimum Gasteiger partial charge on any atom is -0.481 e. The maximum absolute atomic E-state index is 10.2. The molecule has 0 saturated heterocycles. The molecule has 0 amide bonds. The highest BCUT2D eigenvalue weighted by Crippen LogP contribution is 2.29. The maximum atomic E-state index is 10.2. The maximum Gasteiger partial charge on any atom is 0.306 e. The van der Waals surface area contributed by atoms with E-state index in [4.69, 9.17) is 9.84 Å². The van der Waals surface area contributed by atoms with Gasteiger partial charge in [-0.25, -0.2) is 0 Å². The van der Waals surface area contributed by atoms with E-state index in [0.29, 0.717) is 12.8 Å². The Morgan fingerprint density at radius 3 is 2.56 bits per heavy atom. The highest BCUT2D eigenvalue weighted by Gasteiger charge is 2.34. The molecule has 0 radical (unpaired) electrons. The van der Waals surface area contributed by atoms with Crippen LogP contribution in [0.2, 0.25) is 0 Å². The Kier molecular flexibility index (Phi) is 1.71. The molecule has 0 aliphatic heterocycles. The van der Waals surface area contributed by atoms with Crippen molar-refractivity contribution in [1.82, 2.24) is 0 Å². The summed E-state index contributed by atoms with van der Waals surface area (Å²) in [5.74, 6) is -0.835. The van der Waals surface area contributed by atoms with Gasteiger partial charge in [0.2, 0.25) is 0 Å². The molecular formula is C6H10O3. The zero-order valence-electron chi connectivity index (χ0n) is 5.33. The number of hydrogen-bond acceptors (Lipinski definition) is 2. The molecule has 0 heterocycles. The molecule has 1 aliphatic carbocycles. The number of ether oxygens (including phenoxy) is 1. The van der Waals surface area contributed by atoms with Gasteiger partial charge in [0.05, 0.1) is 12.0 Å². The lowest BCUT2D eigenvalue weighted by molar-refractivity contribution is -0.149. The minimum atomic E-state index is -0.691. The van der Waals surface area contributed by atoms with E-state index in [9.17, 15) is 4.79 Å². The van der Waals surface area contributed by atoms with Gasteiger partial charge in [-0.1, -0.05) is 0 Å². The van der Waals surface area contributed by atoms with E-state index in [2.05, 4.69) is 0 Å². The number of carbonyl (C=O) groups is 1. The second-order valence-corrected chi connectivity index (χ2v) is 2.36. The lowest BCUT2D eigenvalue weighted by Crippen LogP contribution is -2.35. The topological polar surface area (TPSA) is 46.5 Å². The number of rotatable bonds is 2. The van der Waals surface area contributed by atoms with Crippen LogP contribution in [0, 0.1) is 5.92 Å². The number of carboxylic acids is 1. The second kappa shape index (κ2) is 2.35. The van der Waals surface area contributed by atoms with Crippen LogP contribution in [0.5, 0.6) is 0 Å². The summed E-state index contributed by atoms with van der Waals surface area (Å²) in [5, 5.41) is 8.39. The lowest BCUT2D eigenvalue weighted by atomic mass is 9.82. The summed E-state index contributed by atoms with van der Waals surface area (Å²) in [7, 11) is 1.61. The van der Waals surface area contributed by atoms with E-state index in [1.165, 1.54) is 0 Å². The molecule has 0 bridgehead atoms. The smallest absolute Gasteiger partial charge is 0.306 e. The summed E-state index contributed by atoms with van der Waals surface area (Å²) in [5.41, 5.74) is 0. The molecule has 0 aromatic carbocycles. The second-order valence-electron chi connectivity index (χ2n) is 2.36. The molecule has 0 atom stereocenters. The van der Waals surface area contributed by atoms with Crippen LogP contribution in [0.25, 0.3) is 0 Å². The van der Waals surface area contributed by atoms with Gasteiger partial charge in [0, 0.05) is 7.11 Å². The number of methoxy groups -OCH3 is 1. The quantitative estimate of drug-likeness (QED) is 0.592. The molecule has 3 heteroatoms. The molecule has 0 aromatic heterocycles. The van der Waals surface area contributed by atoms with Crippen molar-refractivity contribution in [3.63, 3.8) is 0 Å². The van der Waals surface area contributed by atoms with Crippen molar-refractivity contribution < 1.29 is 14.6 Å². The van der Waals surface area contributed by atoms with Gasteiger partial charge in [-0.3, -0.25) is 4.79 Å². The average molecular weight is 130 g/mol. The first-order valence-electron chi connectivity index (χ1n) is 2.99. The zero-order chi connectivity index (χ0) is 6.85. The van der Waals surface area contributed by atoms with Crippen LogP contribution in [-0.2, 0) is 9.53 Å². The monoisotopic (exact) mass is 130 g/mol. The van der Waals surface area contributed by atoms with Crippen LogP contribution < -0.4 is 0 Å². The Morgan fingerprint density at radius 2 is 2.22 bits per heavy atom. The standard InChI is InChI=1S/C6H10O3/c1-9-5-2-4(3-5)6(7)8/h4-5H,2-3H2,1H3,(H,7,8)/t4-,5-. The molecule has 1 N–H and O–H groups in total. The summed E-state index contributed by atoms with van der Waals surface area (Å²) in [6, 6.07) is 0. The normalized spacial score (nSPS) is 33.4. The van der Waals surface area contributed by atoms with E-state index < -0.39 is 5.97 Å². The fourth-order valence-electron chi connectivity index (χ4n) is 0.960. The highest BCUT2D eigenvalue weighted by molar-refractivity contribution is 5.71. The van der Waals surface area contributed by atoms with Crippen molar-refractivity contribution in [3.8, 4) is 0 Å². The largest absolute Gasteiger partial charge is 0.481 e. The fraction of sp³-hybridized carbons (Fsp3) is 0.833. The van der Waals surface area contributed by atoms with Crippen LogP contribution >= 0.6 is 0 Å². The first kappa shape index (κ1) is 6.55. The number of carboxylic acid groups (broad SMARTS) is 1. The third-order valence-corrected chi connectivity index (χ3v) is 1.78. The van der Waals surface area contributed by atoms with Crippen LogP contribution in [0.1, 0.15) is 12.8 Å². The number of hydrogen-bond donors (Lipinski definition) is 1. The van der Waals surface area contributed by atoms with Gasteiger partial charge in [0.15, 0.2) is 0 Å². The molecule has 0 aromatic rings. The van der Waals surface area contributed by atoms with E-state index in [-0.39, 0.29) is 12.0 Å². The van der Waals surface area contributed by atoms with Crippen molar-refractivity contribution in [1.29, 1.82) is 0 Å². The SMILES string of the molecule is CO[C@H]1C[C@H](C(=O)O)C1. The molecule has 52 valence electrons. The Morgan fingerprint density at radius 1 is 1.67 bits per heavy atom. The van der Waals surface area contributed by atoms with Crippen molar-refractivity contribution in [2.75, 3.05) is 7.11 Å². The summed E-state index contributed by atoms with van der Waals surface area (Å²) >= 11 is 0. The molecule has 9 heavy (non-hydrogen) atoms. The van der Waals surface area contributed by atoms with Gasteiger partial charge in [-0.2, -0.15) is 0 Å². The molecule has 3 nitrogen and oxygen atoms in total. The van der Waals surface area contributed by atoms with E-state index in [1.54, 1.807) is 7.11 Å². The predicted molar refractivity (Wildman–Crippen MR) is 31.2 cm³/mol. The molecule has 0 unspecified atom stereocenters. The Balaban J connectivity index is 2.19. The van der Waals surface area contributed by atoms with Gasteiger partial charge in [-0.05, 0) is 12.8 Å². The molecular weight excluding hydrogens is 120 g/mol. The van der Waals surface area contributed by atoms with Crippen molar-refractivity contribution in [2.45, 2.75) is 18.9 Å². The Labute approximate surface area is 53.6 Å². The Hall–Kier alpha value is -0.570. The third kappa shape index (κ3) is 1.21. The summed E-state index contributed by atoms with van der Waals surface area (Å²) in [6.07, 6.45) is 1.57. The van der Waals surface area contributed by atoms with Gasteiger partial charge < -0.3 is 9.84 Å². The van der Waals surface area contributed by atoms with Crippen LogP contribution in [0.4, 0.5) is 0 Å². The average Bonchev–Trinajstić information content (AvgIpc) is 1.61. The summed E-state index contributed by atoms with van der Waals surface area (Å²) < 4.78 is 4.90. The first-order chi connectivity index (χ1) is 4.24. The molecule has 0 spiro atoms. The van der Waals surface area contributed by atoms with Gasteiger partial charge >= 0.3 is 5.97 Å². The Bertz CT molecular complexity index is 115. The van der Waals surface area contributed by atoms with Gasteiger partial charge in [0.25, 0.3) is 0 Å². The number of aliphatic carboxylic acids is 1. The van der Waals surface area contributed by atoms with E-state index in [0.717, 1.165) is 0 Å². The molecule has 1 saturated carbocycles. The van der Waals surface area contributed by atoms with E-state index >= 15 is 0 Å². The molecule has 1 aliphatic rings. The van der Waals surface area contributed by atoms with Crippen molar-refractivity contribution in [3.05, 3.63) is 0 Å². The fourth-order valence-corrected chi connectivity index (χ4v) is 0.960. The summed E-state index contributed by atoms with van der Waals surface area (Å²) in [4.78, 5) is 10.2. The first-order valence-corrected chi connectivity index (χ1v) is 2.99. The highest BCUT2D eigenvalue weighted by atomic mass is 16.5. The van der Waals surface area contributed by atoms with Gasteiger partial charge in [-0.15, -0.1) is 0 Å². The van der Waals surface area contributed by atoms with E-state index in [1.807, 2.05) is 0 Å².